The Kier molecular flexibility index (Phi) is 5.90. The number of hydrogen-bond donors (Lipinski definition) is 0. The molecule has 146 valence electrons. The van der Waals surface area contributed by atoms with Crippen LogP contribution >= 0.6 is 23.4 Å². The van der Waals surface area contributed by atoms with Gasteiger partial charge in [0.1, 0.15) is 5.82 Å². The fourth-order valence-corrected chi connectivity index (χ4v) is 4.92. The zero-order valence-electron chi connectivity index (χ0n) is 13.9. The van der Waals surface area contributed by atoms with E-state index in [1.165, 1.54) is 16.4 Å². The van der Waals surface area contributed by atoms with Crippen molar-refractivity contribution in [2.24, 2.45) is 0 Å². The highest BCUT2D eigenvalue weighted by atomic mass is 35.5. The van der Waals surface area contributed by atoms with Gasteiger partial charge >= 0.3 is 5.51 Å². The molecule has 11 heteroatoms. The zero-order chi connectivity index (χ0) is 19.7. The molecule has 2 aromatic rings. The number of sulfonamides is 1. The standard InChI is InChI=1S/C16H15ClF3N3O2S2/c17-14-2-1-7-21-15(14)22-8-10-23(11-9-22)27(24,25)13-5-3-12(4-6-13)26-16(18,19)20/h1-7H,8-11H2. The summed E-state index contributed by atoms with van der Waals surface area (Å²) in [6, 6.07) is 8.15. The van der Waals surface area contributed by atoms with E-state index in [9.17, 15) is 21.6 Å². The van der Waals surface area contributed by atoms with Gasteiger partial charge < -0.3 is 4.90 Å². The second kappa shape index (κ2) is 7.86. The van der Waals surface area contributed by atoms with Crippen LogP contribution in [0.5, 0.6) is 0 Å². The minimum absolute atomic E-state index is 0.0293. The van der Waals surface area contributed by atoms with E-state index in [1.54, 1.807) is 18.3 Å². The van der Waals surface area contributed by atoms with Crippen LogP contribution in [0.3, 0.4) is 0 Å². The lowest BCUT2D eigenvalue weighted by molar-refractivity contribution is -0.0328. The van der Waals surface area contributed by atoms with E-state index >= 15 is 0 Å². The molecule has 3 rings (SSSR count). The first-order valence-corrected chi connectivity index (χ1v) is 10.5. The van der Waals surface area contributed by atoms with Crippen LogP contribution in [0.2, 0.25) is 5.02 Å². The molecule has 1 aliphatic rings. The van der Waals surface area contributed by atoms with Crippen molar-refractivity contribution in [2.75, 3.05) is 31.1 Å². The monoisotopic (exact) mass is 437 g/mol. The summed E-state index contributed by atoms with van der Waals surface area (Å²) >= 11 is 5.84. The largest absolute Gasteiger partial charge is 0.446 e. The molecule has 0 radical (unpaired) electrons. The van der Waals surface area contributed by atoms with Gasteiger partial charge in [0.05, 0.1) is 9.92 Å². The summed E-state index contributed by atoms with van der Waals surface area (Å²) in [4.78, 5) is 6.03. The Labute approximate surface area is 164 Å². The maximum atomic E-state index is 12.7. The number of nitrogens with zero attached hydrogens (tertiary/aromatic N) is 3. The van der Waals surface area contributed by atoms with E-state index in [0.717, 1.165) is 12.1 Å². The molecule has 2 heterocycles. The van der Waals surface area contributed by atoms with E-state index in [4.69, 9.17) is 11.6 Å². The smallest absolute Gasteiger partial charge is 0.353 e. The van der Waals surface area contributed by atoms with Gasteiger partial charge in [-0.05, 0) is 48.2 Å². The number of aromatic nitrogens is 1. The second-order valence-corrected chi connectivity index (χ2v) is 9.20. The minimum Gasteiger partial charge on any atom is -0.353 e. The van der Waals surface area contributed by atoms with Gasteiger partial charge in [0.15, 0.2) is 0 Å². The molecule has 0 spiro atoms. The predicted molar refractivity (Wildman–Crippen MR) is 98.6 cm³/mol. The fourth-order valence-electron chi connectivity index (χ4n) is 2.71. The first kappa shape index (κ1) is 20.2. The van der Waals surface area contributed by atoms with Crippen LogP contribution in [0.1, 0.15) is 0 Å². The molecule has 5 nitrogen and oxygen atoms in total. The average Bonchev–Trinajstić information content (AvgIpc) is 2.61. The highest BCUT2D eigenvalue weighted by Crippen LogP contribution is 2.37. The Morgan fingerprint density at radius 2 is 1.67 bits per heavy atom. The van der Waals surface area contributed by atoms with Crippen LogP contribution < -0.4 is 4.90 Å². The summed E-state index contributed by atoms with van der Waals surface area (Å²) < 4.78 is 63.9. The van der Waals surface area contributed by atoms with Crippen molar-refractivity contribution in [2.45, 2.75) is 15.3 Å². The molecular formula is C16H15ClF3N3O2S2. The number of alkyl halides is 3. The average molecular weight is 438 g/mol. The molecule has 1 aromatic heterocycles. The van der Waals surface area contributed by atoms with Gasteiger partial charge in [-0.15, -0.1) is 0 Å². The lowest BCUT2D eigenvalue weighted by atomic mass is 10.3. The van der Waals surface area contributed by atoms with Gasteiger partial charge in [-0.3, -0.25) is 0 Å². The minimum atomic E-state index is -4.41. The van der Waals surface area contributed by atoms with E-state index in [-0.39, 0.29) is 34.6 Å². The number of rotatable bonds is 4. The van der Waals surface area contributed by atoms with Crippen molar-refractivity contribution in [3.8, 4) is 0 Å². The van der Waals surface area contributed by atoms with Crippen LogP contribution in [0.15, 0.2) is 52.4 Å². The quantitative estimate of drug-likeness (QED) is 0.680. The molecule has 0 bridgehead atoms. The van der Waals surface area contributed by atoms with E-state index in [1.807, 2.05) is 4.90 Å². The molecule has 1 saturated heterocycles. The van der Waals surface area contributed by atoms with Gasteiger partial charge in [-0.25, -0.2) is 13.4 Å². The van der Waals surface area contributed by atoms with Gasteiger partial charge in [-0.1, -0.05) is 11.6 Å². The number of piperazine rings is 1. The van der Waals surface area contributed by atoms with Crippen molar-refractivity contribution in [3.05, 3.63) is 47.6 Å². The Morgan fingerprint density at radius 3 is 2.22 bits per heavy atom. The number of hydrogen-bond acceptors (Lipinski definition) is 5. The Balaban J connectivity index is 1.69. The molecule has 1 aliphatic heterocycles. The van der Waals surface area contributed by atoms with Crippen molar-refractivity contribution >= 4 is 39.2 Å². The third-order valence-electron chi connectivity index (χ3n) is 3.97. The lowest BCUT2D eigenvalue weighted by Gasteiger charge is -2.35. The molecule has 1 aromatic carbocycles. The Hall–Kier alpha value is -1.49. The lowest BCUT2D eigenvalue weighted by Crippen LogP contribution is -2.49. The molecule has 0 aliphatic carbocycles. The summed E-state index contributed by atoms with van der Waals surface area (Å²) in [5.41, 5.74) is -4.41. The third-order valence-corrected chi connectivity index (χ3v) is 6.92. The molecule has 0 saturated carbocycles. The van der Waals surface area contributed by atoms with E-state index in [2.05, 4.69) is 4.98 Å². The highest BCUT2D eigenvalue weighted by Gasteiger charge is 2.31. The van der Waals surface area contributed by atoms with Crippen LogP contribution in [0, 0.1) is 0 Å². The van der Waals surface area contributed by atoms with Crippen molar-refractivity contribution in [1.29, 1.82) is 0 Å². The summed E-state index contributed by atoms with van der Waals surface area (Å²) in [5, 5.41) is 0.492. The highest BCUT2D eigenvalue weighted by molar-refractivity contribution is 8.00. The number of halogens is 4. The fraction of sp³-hybridized carbons (Fsp3) is 0.312. The number of pyridine rings is 1. The van der Waals surface area contributed by atoms with Gasteiger partial charge in [0.2, 0.25) is 10.0 Å². The van der Waals surface area contributed by atoms with E-state index < -0.39 is 15.5 Å². The van der Waals surface area contributed by atoms with Crippen LogP contribution in [-0.4, -0.2) is 49.4 Å². The summed E-state index contributed by atoms with van der Waals surface area (Å²) in [7, 11) is -3.78. The molecule has 0 atom stereocenters. The van der Waals surface area contributed by atoms with Gasteiger partial charge in [-0.2, -0.15) is 17.5 Å². The van der Waals surface area contributed by atoms with Gasteiger partial charge in [0, 0.05) is 37.3 Å². The number of benzene rings is 1. The second-order valence-electron chi connectivity index (χ2n) is 5.72. The van der Waals surface area contributed by atoms with Crippen LogP contribution in [-0.2, 0) is 10.0 Å². The molecule has 0 N–H and O–H groups in total. The normalized spacial score (nSPS) is 16.5. The van der Waals surface area contributed by atoms with E-state index in [0.29, 0.717) is 23.9 Å². The SMILES string of the molecule is O=S(=O)(c1ccc(SC(F)(F)F)cc1)N1CCN(c2ncccc2Cl)CC1. The molecular weight excluding hydrogens is 423 g/mol. The maximum absolute atomic E-state index is 12.7. The Morgan fingerprint density at radius 1 is 1.04 bits per heavy atom. The zero-order valence-corrected chi connectivity index (χ0v) is 16.2. The first-order chi connectivity index (χ1) is 12.7. The third kappa shape index (κ3) is 4.87. The van der Waals surface area contributed by atoms with Crippen molar-refractivity contribution < 1.29 is 21.6 Å². The topological polar surface area (TPSA) is 53.5 Å². The van der Waals surface area contributed by atoms with Crippen LogP contribution in [0.25, 0.3) is 0 Å². The summed E-state index contributed by atoms with van der Waals surface area (Å²) in [6.45, 7) is 1.29. The van der Waals surface area contributed by atoms with Crippen molar-refractivity contribution in [1.82, 2.24) is 9.29 Å². The predicted octanol–water partition coefficient (Wildman–Crippen LogP) is 3.86. The summed E-state index contributed by atoms with van der Waals surface area (Å²) in [6.07, 6.45) is 1.62. The molecule has 0 amide bonds. The first-order valence-electron chi connectivity index (χ1n) is 7.88. The Bertz CT molecular complexity index is 900. The maximum Gasteiger partial charge on any atom is 0.446 e. The molecule has 27 heavy (non-hydrogen) atoms. The molecule has 1 fully saturated rings. The summed E-state index contributed by atoms with van der Waals surface area (Å²) in [5.74, 6) is 0.602. The van der Waals surface area contributed by atoms with Crippen LogP contribution in [0.4, 0.5) is 19.0 Å². The van der Waals surface area contributed by atoms with Gasteiger partial charge in [0.25, 0.3) is 0 Å². The number of thioether (sulfide) groups is 1. The molecule has 0 unspecified atom stereocenters. The van der Waals surface area contributed by atoms with Crippen molar-refractivity contribution in [3.63, 3.8) is 0 Å². The number of anilines is 1.